The molecule has 0 radical (unpaired) electrons. The molecule has 0 N–H and O–H groups in total. The van der Waals surface area contributed by atoms with Crippen LogP contribution in [0.5, 0.6) is 0 Å². The Kier molecular flexibility index (Phi) is 6.76. The summed E-state index contributed by atoms with van der Waals surface area (Å²) < 4.78 is 33.7. The van der Waals surface area contributed by atoms with E-state index in [1.165, 1.54) is 32.2 Å². The van der Waals surface area contributed by atoms with Gasteiger partial charge in [-0.2, -0.15) is 0 Å². The molecule has 2 aromatic rings. The number of carbonyl (C=O) groups excluding carboxylic acids is 1. The number of rotatable bonds is 8. The number of hydrogen-bond acceptors (Lipinski definition) is 8. The highest BCUT2D eigenvalue weighted by molar-refractivity contribution is 7.90. The number of sulfone groups is 1. The predicted molar refractivity (Wildman–Crippen MR) is 119 cm³/mol. The number of ether oxygens (including phenoxy) is 2. The minimum atomic E-state index is -3.16. The average Bonchev–Trinajstić information content (AvgIpc) is 3.58. The third-order valence-corrected chi connectivity index (χ3v) is 7.55. The summed E-state index contributed by atoms with van der Waals surface area (Å²) in [5.74, 6) is 2.25. The van der Waals surface area contributed by atoms with Crippen LogP contribution in [0.25, 0.3) is 0 Å². The quantitative estimate of drug-likeness (QED) is 0.556. The van der Waals surface area contributed by atoms with Crippen LogP contribution in [-0.4, -0.2) is 57.4 Å². The number of benzene rings is 1. The zero-order valence-corrected chi connectivity index (χ0v) is 19.3. The molecular formula is C23H29N3O5S. The maximum absolute atomic E-state index is 11.5. The van der Waals surface area contributed by atoms with E-state index in [2.05, 4.69) is 19.6 Å². The first-order valence-electron chi connectivity index (χ1n) is 10.9. The average molecular weight is 460 g/mol. The number of esters is 1. The highest BCUT2D eigenvalue weighted by atomic mass is 32.2. The van der Waals surface area contributed by atoms with E-state index in [9.17, 15) is 13.2 Å². The van der Waals surface area contributed by atoms with Gasteiger partial charge in [-0.1, -0.05) is 12.1 Å². The number of anilines is 1. The molecule has 172 valence electrons. The minimum Gasteiger partial charge on any atom is -0.465 e. The smallest absolute Gasteiger partial charge is 0.341 e. The zero-order valence-electron chi connectivity index (χ0n) is 18.4. The first kappa shape index (κ1) is 22.7. The van der Waals surface area contributed by atoms with Crippen LogP contribution in [-0.2, 0) is 25.9 Å². The van der Waals surface area contributed by atoms with Gasteiger partial charge in [0, 0.05) is 31.7 Å². The number of aromatic nitrogens is 2. The molecule has 1 aromatic carbocycles. The lowest BCUT2D eigenvalue weighted by Gasteiger charge is -2.32. The van der Waals surface area contributed by atoms with Crippen LogP contribution in [0.4, 0.5) is 5.95 Å². The molecule has 0 unspecified atom stereocenters. The molecule has 2 aliphatic rings. The van der Waals surface area contributed by atoms with Gasteiger partial charge in [0.15, 0.2) is 9.84 Å². The number of nitrogens with zero attached hydrogens (tertiary/aromatic N) is 3. The largest absolute Gasteiger partial charge is 0.465 e. The van der Waals surface area contributed by atoms with E-state index < -0.39 is 15.8 Å². The number of methoxy groups -OCH3 is 1. The van der Waals surface area contributed by atoms with Gasteiger partial charge in [-0.05, 0) is 54.7 Å². The molecule has 4 rings (SSSR count). The fourth-order valence-electron chi connectivity index (χ4n) is 4.44. The van der Waals surface area contributed by atoms with E-state index >= 15 is 0 Å². The number of hydrogen-bond donors (Lipinski definition) is 0. The van der Waals surface area contributed by atoms with E-state index in [1.54, 1.807) is 12.1 Å². The normalized spacial score (nSPS) is 21.4. The van der Waals surface area contributed by atoms with Gasteiger partial charge in [-0.15, -0.1) is 0 Å². The SMILES string of the molecule is COC(=O)c1cnc(N2CCC([C@H]3C[C@H]3COCc3ccc(S(C)(=O)=O)cc3)CC2)nc1. The van der Waals surface area contributed by atoms with Crippen LogP contribution in [0.3, 0.4) is 0 Å². The van der Waals surface area contributed by atoms with Crippen molar-refractivity contribution in [1.82, 2.24) is 9.97 Å². The Balaban J connectivity index is 1.18. The van der Waals surface area contributed by atoms with Crippen molar-refractivity contribution in [3.63, 3.8) is 0 Å². The van der Waals surface area contributed by atoms with Crippen LogP contribution in [0.2, 0.25) is 0 Å². The lowest BCUT2D eigenvalue weighted by molar-refractivity contribution is 0.0599. The van der Waals surface area contributed by atoms with Gasteiger partial charge in [0.1, 0.15) is 0 Å². The van der Waals surface area contributed by atoms with Gasteiger partial charge >= 0.3 is 5.97 Å². The van der Waals surface area contributed by atoms with Gasteiger partial charge in [-0.25, -0.2) is 23.2 Å². The Morgan fingerprint density at radius 1 is 1.12 bits per heavy atom. The summed E-state index contributed by atoms with van der Waals surface area (Å²) in [5, 5.41) is 0. The van der Waals surface area contributed by atoms with E-state index in [0.29, 0.717) is 40.8 Å². The van der Waals surface area contributed by atoms with Crippen molar-refractivity contribution in [2.24, 2.45) is 17.8 Å². The number of carbonyl (C=O) groups is 1. The molecule has 0 spiro atoms. The highest BCUT2D eigenvalue weighted by Gasteiger charge is 2.43. The van der Waals surface area contributed by atoms with Crippen LogP contribution in [0.1, 0.15) is 35.2 Å². The molecule has 1 saturated heterocycles. The molecule has 8 nitrogen and oxygen atoms in total. The fraction of sp³-hybridized carbons (Fsp3) is 0.522. The Labute approximate surface area is 188 Å². The summed E-state index contributed by atoms with van der Waals surface area (Å²) in [4.78, 5) is 22.7. The lowest BCUT2D eigenvalue weighted by atomic mass is 9.91. The summed E-state index contributed by atoms with van der Waals surface area (Å²) in [5.41, 5.74) is 1.35. The fourth-order valence-corrected chi connectivity index (χ4v) is 5.07. The van der Waals surface area contributed by atoms with Crippen molar-refractivity contribution >= 4 is 21.8 Å². The van der Waals surface area contributed by atoms with Crippen molar-refractivity contribution in [2.75, 3.05) is 38.0 Å². The van der Waals surface area contributed by atoms with Crippen molar-refractivity contribution in [1.29, 1.82) is 0 Å². The maximum atomic E-state index is 11.5. The topological polar surface area (TPSA) is 98.7 Å². The molecule has 0 bridgehead atoms. The molecular weight excluding hydrogens is 430 g/mol. The molecule has 0 amide bonds. The van der Waals surface area contributed by atoms with Gasteiger partial charge in [0.05, 0.1) is 30.8 Å². The summed E-state index contributed by atoms with van der Waals surface area (Å²) in [6.45, 7) is 3.08. The van der Waals surface area contributed by atoms with Crippen LogP contribution >= 0.6 is 0 Å². The third kappa shape index (κ3) is 5.45. The van der Waals surface area contributed by atoms with E-state index in [4.69, 9.17) is 4.74 Å². The molecule has 1 aliphatic heterocycles. The summed E-state index contributed by atoms with van der Waals surface area (Å²) >= 11 is 0. The monoisotopic (exact) mass is 459 g/mol. The van der Waals surface area contributed by atoms with Crippen LogP contribution in [0, 0.1) is 17.8 Å². The molecule has 1 saturated carbocycles. The molecule has 1 aromatic heterocycles. The van der Waals surface area contributed by atoms with Crippen molar-refractivity contribution in [3.05, 3.63) is 47.8 Å². The second kappa shape index (κ2) is 9.54. The summed E-state index contributed by atoms with van der Waals surface area (Å²) in [7, 11) is -1.82. The van der Waals surface area contributed by atoms with E-state index in [0.717, 1.165) is 38.1 Å². The maximum Gasteiger partial charge on any atom is 0.341 e. The Bertz CT molecular complexity index is 1030. The molecule has 2 atom stereocenters. The van der Waals surface area contributed by atoms with Gasteiger partial charge < -0.3 is 14.4 Å². The first-order valence-corrected chi connectivity index (χ1v) is 12.8. The molecule has 2 fully saturated rings. The second-order valence-corrected chi connectivity index (χ2v) is 10.7. The van der Waals surface area contributed by atoms with Crippen LogP contribution < -0.4 is 4.90 Å². The van der Waals surface area contributed by atoms with Gasteiger partial charge in [-0.3, -0.25) is 0 Å². The van der Waals surface area contributed by atoms with Gasteiger partial charge in [0.25, 0.3) is 0 Å². The Hall–Kier alpha value is -2.52. The highest BCUT2D eigenvalue weighted by Crippen LogP contribution is 2.48. The van der Waals surface area contributed by atoms with E-state index in [-0.39, 0.29) is 0 Å². The Morgan fingerprint density at radius 2 is 1.78 bits per heavy atom. The molecule has 9 heteroatoms. The predicted octanol–water partition coefficient (Wildman–Crippen LogP) is 2.74. The summed E-state index contributed by atoms with van der Waals surface area (Å²) in [6, 6.07) is 6.90. The lowest BCUT2D eigenvalue weighted by Crippen LogP contribution is -2.35. The Morgan fingerprint density at radius 3 is 2.38 bits per heavy atom. The van der Waals surface area contributed by atoms with Crippen molar-refractivity contribution < 1.29 is 22.7 Å². The summed E-state index contributed by atoms with van der Waals surface area (Å²) in [6.07, 6.45) is 7.67. The third-order valence-electron chi connectivity index (χ3n) is 6.42. The van der Waals surface area contributed by atoms with Crippen molar-refractivity contribution in [3.8, 4) is 0 Å². The minimum absolute atomic E-state index is 0.333. The van der Waals surface area contributed by atoms with Gasteiger partial charge in [0.2, 0.25) is 5.95 Å². The second-order valence-electron chi connectivity index (χ2n) is 8.68. The molecule has 1 aliphatic carbocycles. The standard InChI is InChI=1S/C23H29N3O5S/c1-30-22(27)19-12-24-23(25-13-19)26-9-7-17(8-10-26)21-11-18(21)15-31-14-16-3-5-20(6-4-16)32(2,28)29/h3-6,12-13,17-18,21H,7-11,14-15H2,1-2H3/t18-,21+/m0/s1. The van der Waals surface area contributed by atoms with Crippen LogP contribution in [0.15, 0.2) is 41.6 Å². The zero-order chi connectivity index (χ0) is 22.7. The molecule has 2 heterocycles. The van der Waals surface area contributed by atoms with E-state index in [1.807, 2.05) is 12.1 Å². The molecule has 32 heavy (non-hydrogen) atoms. The first-order chi connectivity index (χ1) is 15.3. The number of piperidine rings is 1. The van der Waals surface area contributed by atoms with Crippen molar-refractivity contribution in [2.45, 2.75) is 30.8 Å².